The minimum Gasteiger partial charge on any atom is -0.310 e. The smallest absolute Gasteiger partial charge is 0.0726 e. The molecule has 10 aromatic carbocycles. The van der Waals surface area contributed by atoms with Crippen LogP contribution < -0.4 is 4.90 Å². The zero-order valence-electron chi connectivity index (χ0n) is 46.5. The summed E-state index contributed by atoms with van der Waals surface area (Å²) in [6.45, 7) is 23.2. The Hall–Kier alpha value is -8.00. The van der Waals surface area contributed by atoms with E-state index in [9.17, 15) is 0 Å². The van der Waals surface area contributed by atoms with E-state index in [1.54, 1.807) is 0 Å². The Labute approximate surface area is 458 Å². The Morgan fingerprint density at radius 1 is 0.299 bits per heavy atom. The maximum Gasteiger partial charge on any atom is 0.0726 e. The lowest BCUT2D eigenvalue weighted by molar-refractivity contribution is 0.586. The van der Waals surface area contributed by atoms with Crippen LogP contribution in [0.25, 0.3) is 44.5 Å². The van der Waals surface area contributed by atoms with Gasteiger partial charge in [-0.25, -0.2) is 0 Å². The molecule has 0 aromatic heterocycles. The number of hydrogen-bond acceptors (Lipinski definition) is 1. The number of nitrogens with zero attached hydrogens (tertiary/aromatic N) is 1. The van der Waals surface area contributed by atoms with Crippen molar-refractivity contribution in [2.24, 2.45) is 0 Å². The fraction of sp³-hybridized carbons (Fsp3) is 0.211. The van der Waals surface area contributed by atoms with Gasteiger partial charge in [0.2, 0.25) is 0 Å². The van der Waals surface area contributed by atoms with Crippen LogP contribution in [0.1, 0.15) is 136 Å². The van der Waals surface area contributed by atoms with Crippen molar-refractivity contribution in [3.8, 4) is 44.5 Å². The van der Waals surface area contributed by atoms with Gasteiger partial charge in [0.25, 0.3) is 0 Å². The molecule has 1 atom stereocenters. The number of aryl methyl sites for hydroxylation is 1. The number of rotatable bonds is 7. The van der Waals surface area contributed by atoms with E-state index < -0.39 is 10.8 Å². The largest absolute Gasteiger partial charge is 0.310 e. The molecule has 378 valence electrons. The van der Waals surface area contributed by atoms with Crippen LogP contribution in [-0.4, -0.2) is 0 Å². The summed E-state index contributed by atoms with van der Waals surface area (Å²) >= 11 is 0. The van der Waals surface area contributed by atoms with Crippen LogP contribution in [0.2, 0.25) is 0 Å². The van der Waals surface area contributed by atoms with Crippen LogP contribution >= 0.6 is 0 Å². The summed E-state index contributed by atoms with van der Waals surface area (Å²) in [5.41, 5.74) is 28.3. The molecule has 0 saturated carbocycles. The van der Waals surface area contributed by atoms with Crippen molar-refractivity contribution in [2.45, 2.75) is 103 Å². The lowest BCUT2D eigenvalue weighted by Gasteiger charge is -2.36. The topological polar surface area (TPSA) is 3.24 Å². The Bertz CT molecular complexity index is 3860. The highest BCUT2D eigenvalue weighted by molar-refractivity contribution is 5.97. The molecular weight excluding hydrogens is 927 g/mol. The number of anilines is 3. The van der Waals surface area contributed by atoms with Crippen molar-refractivity contribution in [1.82, 2.24) is 0 Å². The van der Waals surface area contributed by atoms with Crippen LogP contribution in [0.4, 0.5) is 17.1 Å². The Morgan fingerprint density at radius 2 is 0.662 bits per heavy atom. The number of benzene rings is 10. The molecule has 0 aliphatic heterocycles. The van der Waals surface area contributed by atoms with Gasteiger partial charge in [0.05, 0.1) is 10.8 Å². The molecule has 77 heavy (non-hydrogen) atoms. The molecule has 0 saturated heterocycles. The molecule has 0 bridgehead atoms. The van der Waals surface area contributed by atoms with Gasteiger partial charge in [-0.05, 0) is 170 Å². The summed E-state index contributed by atoms with van der Waals surface area (Å²) < 4.78 is 0. The van der Waals surface area contributed by atoms with Gasteiger partial charge in [0.15, 0.2) is 0 Å². The van der Waals surface area contributed by atoms with E-state index >= 15 is 0 Å². The van der Waals surface area contributed by atoms with E-state index in [-0.39, 0.29) is 16.2 Å². The molecule has 1 heteroatoms. The molecule has 0 N–H and O–H groups in total. The van der Waals surface area contributed by atoms with Crippen molar-refractivity contribution in [2.75, 3.05) is 4.90 Å². The van der Waals surface area contributed by atoms with Crippen LogP contribution in [0, 0.1) is 0 Å². The molecule has 0 heterocycles. The molecular formula is C76H69N. The predicted molar refractivity (Wildman–Crippen MR) is 326 cm³/mol. The van der Waals surface area contributed by atoms with Gasteiger partial charge in [-0.1, -0.05) is 257 Å². The normalized spacial score (nSPS) is 15.6. The van der Waals surface area contributed by atoms with E-state index in [4.69, 9.17) is 0 Å². The summed E-state index contributed by atoms with van der Waals surface area (Å²) in [5.74, 6) is 0. The Kier molecular flexibility index (Phi) is 11.1. The second-order valence-electron chi connectivity index (χ2n) is 25.2. The molecule has 1 nitrogen and oxygen atoms in total. The monoisotopic (exact) mass is 996 g/mol. The van der Waals surface area contributed by atoms with Gasteiger partial charge in [-0.2, -0.15) is 0 Å². The molecule has 0 amide bonds. The quantitative estimate of drug-likeness (QED) is 0.154. The van der Waals surface area contributed by atoms with E-state index in [2.05, 4.69) is 299 Å². The zero-order valence-corrected chi connectivity index (χ0v) is 46.5. The number of hydrogen-bond donors (Lipinski definition) is 0. The summed E-state index contributed by atoms with van der Waals surface area (Å²) in [6, 6.07) is 87.0. The van der Waals surface area contributed by atoms with Crippen LogP contribution in [0.3, 0.4) is 0 Å². The van der Waals surface area contributed by atoms with Crippen molar-refractivity contribution in [3.63, 3.8) is 0 Å². The lowest BCUT2D eigenvalue weighted by atomic mass is 9.67. The van der Waals surface area contributed by atoms with Gasteiger partial charge in [0.1, 0.15) is 0 Å². The first-order valence-electron chi connectivity index (χ1n) is 28.0. The van der Waals surface area contributed by atoms with E-state index in [1.165, 1.54) is 111 Å². The zero-order chi connectivity index (χ0) is 53.2. The molecule has 1 unspecified atom stereocenters. The highest BCUT2D eigenvalue weighted by Gasteiger charge is 2.53. The molecule has 10 aromatic rings. The van der Waals surface area contributed by atoms with Crippen LogP contribution in [0.5, 0.6) is 0 Å². The summed E-state index contributed by atoms with van der Waals surface area (Å²) in [6.07, 6.45) is 1.02. The van der Waals surface area contributed by atoms with Gasteiger partial charge in [0, 0.05) is 17.1 Å². The first kappa shape index (κ1) is 48.6. The molecule has 3 aliphatic rings. The lowest BCUT2D eigenvalue weighted by Crippen LogP contribution is -2.29. The van der Waals surface area contributed by atoms with Crippen LogP contribution in [-0.2, 0) is 33.5 Å². The third-order valence-electron chi connectivity index (χ3n) is 17.7. The summed E-state index contributed by atoms with van der Waals surface area (Å²) in [4.78, 5) is 2.54. The number of fused-ring (bicyclic) bond motifs is 13. The molecule has 0 fully saturated rings. The summed E-state index contributed by atoms with van der Waals surface area (Å²) in [5, 5.41) is 0. The Balaban J connectivity index is 1.08. The van der Waals surface area contributed by atoms with E-state index in [1.807, 2.05) is 0 Å². The maximum absolute atomic E-state index is 2.57. The van der Waals surface area contributed by atoms with Gasteiger partial charge in [-0.15, -0.1) is 0 Å². The highest BCUT2D eigenvalue weighted by atomic mass is 15.1. The van der Waals surface area contributed by atoms with Crippen molar-refractivity contribution in [3.05, 3.63) is 291 Å². The highest BCUT2D eigenvalue weighted by Crippen LogP contribution is 2.65. The van der Waals surface area contributed by atoms with E-state index in [0.717, 1.165) is 23.5 Å². The Morgan fingerprint density at radius 3 is 1.14 bits per heavy atom. The fourth-order valence-electron chi connectivity index (χ4n) is 13.5. The van der Waals surface area contributed by atoms with Crippen molar-refractivity contribution in [1.29, 1.82) is 0 Å². The first-order chi connectivity index (χ1) is 37.0. The SMILES string of the molecule is CCc1ccc(-c2ccc(N(c3ccc4c(c3)C(c3ccccc3)(c3ccc(C(C)(C)C)cc3)c3ccccc3-4)c3ccc4c(c3)C3(c5ccccc5-4)c4cc(C(C)(C)C)ccc4-c4ccc(C(C)(C)C)cc43)cc2)cc1. The van der Waals surface area contributed by atoms with E-state index in [0.29, 0.717) is 0 Å². The predicted octanol–water partition coefficient (Wildman–Crippen LogP) is 20.0. The molecule has 1 spiro atoms. The van der Waals surface area contributed by atoms with Crippen molar-refractivity contribution < 1.29 is 0 Å². The molecule has 0 radical (unpaired) electrons. The minimum atomic E-state index is -0.573. The van der Waals surface area contributed by atoms with Crippen LogP contribution in [0.15, 0.2) is 224 Å². The fourth-order valence-corrected chi connectivity index (χ4v) is 13.5. The second-order valence-corrected chi connectivity index (χ2v) is 25.2. The maximum atomic E-state index is 2.57. The summed E-state index contributed by atoms with van der Waals surface area (Å²) in [7, 11) is 0. The van der Waals surface area contributed by atoms with Gasteiger partial charge >= 0.3 is 0 Å². The average molecular weight is 996 g/mol. The molecule has 3 aliphatic carbocycles. The van der Waals surface area contributed by atoms with Gasteiger partial charge < -0.3 is 4.90 Å². The van der Waals surface area contributed by atoms with Gasteiger partial charge in [-0.3, -0.25) is 0 Å². The third-order valence-corrected chi connectivity index (χ3v) is 17.7. The first-order valence-corrected chi connectivity index (χ1v) is 28.0. The molecule has 13 rings (SSSR count). The third kappa shape index (κ3) is 7.41. The average Bonchev–Trinajstić information content (AvgIpc) is 4.12. The second kappa shape index (κ2) is 17.5. The standard InChI is InChI=1S/C76H69N/c1-11-49-25-27-50(28-26-49)51-29-37-57(38-30-51)77(58-39-43-64-60-21-15-17-23-66(60)75(70(64)47-58,53-19-13-12-14-20-53)54-33-31-52(32-34-54)72(2,3)4)59-40-44-65-61-22-16-18-24-67(61)76(71(65)48-59)68-45-55(73(5,6)7)35-41-62(68)63-42-36-56(46-69(63)76)74(8,9)10/h12-48H,11H2,1-10H3. The minimum absolute atomic E-state index is 0.0222. The van der Waals surface area contributed by atoms with Crippen molar-refractivity contribution >= 4 is 17.1 Å².